The van der Waals surface area contributed by atoms with E-state index in [4.69, 9.17) is 4.74 Å². The maximum absolute atomic E-state index is 12.3. The molecule has 1 heterocycles. The minimum atomic E-state index is -3.76. The first-order chi connectivity index (χ1) is 9.94. The van der Waals surface area contributed by atoms with Crippen LogP contribution in [0.4, 0.5) is 5.69 Å². The maximum atomic E-state index is 12.3. The quantitative estimate of drug-likeness (QED) is 0.836. The summed E-state index contributed by atoms with van der Waals surface area (Å²) in [7, 11) is -2.25. The molecule has 2 rings (SSSR count). The van der Waals surface area contributed by atoms with Crippen molar-refractivity contribution >= 4 is 31.6 Å². The summed E-state index contributed by atoms with van der Waals surface area (Å²) >= 11 is 3.07. The highest BCUT2D eigenvalue weighted by Crippen LogP contribution is 2.22. The number of hydrogen-bond donors (Lipinski definition) is 1. The summed E-state index contributed by atoms with van der Waals surface area (Å²) in [4.78, 5) is 0. The van der Waals surface area contributed by atoms with E-state index in [1.807, 2.05) is 6.92 Å². The molecule has 1 aromatic heterocycles. The van der Waals surface area contributed by atoms with Gasteiger partial charge in [-0.1, -0.05) is 12.1 Å². The van der Waals surface area contributed by atoms with Gasteiger partial charge < -0.3 is 4.74 Å². The normalized spacial score (nSPS) is 11.4. The standard InChI is InChI=1S/C12H15BrN4O3S/c1-3-8-20-10-6-4-9(5-7-10)15-21(18,19)12-11(13)14-16-17(12)2/h4-7,15H,3,8H2,1-2H3. The number of aryl methyl sites for hydroxylation is 1. The van der Waals surface area contributed by atoms with Gasteiger partial charge in [0.15, 0.2) is 4.60 Å². The van der Waals surface area contributed by atoms with Gasteiger partial charge in [0.05, 0.1) is 6.61 Å². The number of benzene rings is 1. The van der Waals surface area contributed by atoms with Crippen LogP contribution in [0, 0.1) is 0 Å². The first kappa shape index (κ1) is 15.8. The molecule has 2 aromatic rings. The van der Waals surface area contributed by atoms with Crippen molar-refractivity contribution in [2.24, 2.45) is 7.05 Å². The van der Waals surface area contributed by atoms with Crippen LogP contribution in [0.25, 0.3) is 0 Å². The fraction of sp³-hybridized carbons (Fsp3) is 0.333. The Morgan fingerprint density at radius 1 is 1.33 bits per heavy atom. The minimum Gasteiger partial charge on any atom is -0.494 e. The first-order valence-corrected chi connectivity index (χ1v) is 8.52. The van der Waals surface area contributed by atoms with Gasteiger partial charge >= 0.3 is 0 Å². The van der Waals surface area contributed by atoms with Crippen LogP contribution < -0.4 is 9.46 Å². The molecule has 9 heteroatoms. The topological polar surface area (TPSA) is 86.1 Å². The Labute approximate surface area is 131 Å². The minimum absolute atomic E-state index is 0.0335. The molecule has 0 radical (unpaired) electrons. The van der Waals surface area contributed by atoms with E-state index in [0.717, 1.165) is 6.42 Å². The lowest BCUT2D eigenvalue weighted by Crippen LogP contribution is -2.17. The SMILES string of the molecule is CCCOc1ccc(NS(=O)(=O)c2c(Br)nnn2C)cc1. The Kier molecular flexibility index (Phi) is 4.84. The molecule has 0 fully saturated rings. The van der Waals surface area contributed by atoms with Gasteiger partial charge in [-0.25, -0.2) is 4.68 Å². The summed E-state index contributed by atoms with van der Waals surface area (Å²) in [5.74, 6) is 0.697. The number of nitrogens with zero attached hydrogens (tertiary/aromatic N) is 3. The molecule has 0 aliphatic heterocycles. The second-order valence-corrected chi connectivity index (χ2v) is 6.64. The summed E-state index contributed by atoms with van der Waals surface area (Å²) in [5.41, 5.74) is 0.437. The molecule has 0 atom stereocenters. The average Bonchev–Trinajstić information content (AvgIpc) is 2.77. The van der Waals surface area contributed by atoms with Crippen LogP contribution in [-0.4, -0.2) is 30.0 Å². The van der Waals surface area contributed by atoms with E-state index >= 15 is 0 Å². The van der Waals surface area contributed by atoms with Gasteiger partial charge in [0.25, 0.3) is 10.0 Å². The molecule has 7 nitrogen and oxygen atoms in total. The first-order valence-electron chi connectivity index (χ1n) is 6.25. The second-order valence-electron chi connectivity index (χ2n) is 4.29. The van der Waals surface area contributed by atoms with Crippen LogP contribution >= 0.6 is 15.9 Å². The lowest BCUT2D eigenvalue weighted by molar-refractivity contribution is 0.317. The molecule has 0 saturated carbocycles. The number of nitrogens with one attached hydrogen (secondary N) is 1. The third-order valence-corrected chi connectivity index (χ3v) is 4.84. The lowest BCUT2D eigenvalue weighted by atomic mass is 10.3. The number of sulfonamides is 1. The number of hydrogen-bond acceptors (Lipinski definition) is 5. The zero-order valence-corrected chi connectivity index (χ0v) is 14.0. The van der Waals surface area contributed by atoms with E-state index in [0.29, 0.717) is 18.0 Å². The van der Waals surface area contributed by atoms with E-state index in [9.17, 15) is 8.42 Å². The van der Waals surface area contributed by atoms with Crippen LogP contribution in [0.1, 0.15) is 13.3 Å². The molecular weight excluding hydrogens is 360 g/mol. The highest BCUT2D eigenvalue weighted by Gasteiger charge is 2.23. The van der Waals surface area contributed by atoms with Crippen molar-refractivity contribution in [1.29, 1.82) is 0 Å². The summed E-state index contributed by atoms with van der Waals surface area (Å²) < 4.78 is 33.8. The molecule has 0 unspecified atom stereocenters. The van der Waals surface area contributed by atoms with Crippen molar-refractivity contribution in [3.8, 4) is 5.75 Å². The van der Waals surface area contributed by atoms with Crippen LogP contribution in [0.2, 0.25) is 0 Å². The number of halogens is 1. The van der Waals surface area contributed by atoms with Crippen molar-refractivity contribution in [2.75, 3.05) is 11.3 Å². The van der Waals surface area contributed by atoms with Crippen molar-refractivity contribution < 1.29 is 13.2 Å². The van der Waals surface area contributed by atoms with E-state index in [1.165, 1.54) is 11.7 Å². The lowest BCUT2D eigenvalue weighted by Gasteiger charge is -2.09. The predicted octanol–water partition coefficient (Wildman–Crippen LogP) is 2.17. The van der Waals surface area contributed by atoms with Gasteiger partial charge in [0, 0.05) is 12.7 Å². The van der Waals surface area contributed by atoms with Crippen molar-refractivity contribution in [3.05, 3.63) is 28.9 Å². The Bertz CT molecular complexity index is 693. The highest BCUT2D eigenvalue weighted by atomic mass is 79.9. The second kappa shape index (κ2) is 6.44. The summed E-state index contributed by atoms with van der Waals surface area (Å²) in [6.45, 7) is 2.64. The summed E-state index contributed by atoms with van der Waals surface area (Å²) in [6.07, 6.45) is 0.913. The smallest absolute Gasteiger partial charge is 0.281 e. The zero-order chi connectivity index (χ0) is 15.5. The van der Waals surface area contributed by atoms with Gasteiger partial charge in [0.2, 0.25) is 5.03 Å². The monoisotopic (exact) mass is 374 g/mol. The van der Waals surface area contributed by atoms with Gasteiger partial charge in [-0.2, -0.15) is 8.42 Å². The van der Waals surface area contributed by atoms with Gasteiger partial charge in [-0.15, -0.1) is 5.10 Å². The molecule has 0 amide bonds. The van der Waals surface area contributed by atoms with Crippen LogP contribution in [-0.2, 0) is 17.1 Å². The third-order valence-electron chi connectivity index (χ3n) is 2.57. The van der Waals surface area contributed by atoms with Gasteiger partial charge in [-0.05, 0) is 46.6 Å². The highest BCUT2D eigenvalue weighted by molar-refractivity contribution is 9.10. The molecule has 0 aliphatic rings. The molecule has 1 aromatic carbocycles. The average molecular weight is 375 g/mol. The van der Waals surface area contributed by atoms with Crippen molar-refractivity contribution in [2.45, 2.75) is 18.4 Å². The van der Waals surface area contributed by atoms with E-state index in [2.05, 4.69) is 31.0 Å². The molecule has 21 heavy (non-hydrogen) atoms. The molecular formula is C12H15BrN4O3S. The van der Waals surface area contributed by atoms with E-state index in [-0.39, 0.29) is 9.63 Å². The summed E-state index contributed by atoms with van der Waals surface area (Å²) in [5, 5.41) is 7.28. The number of rotatable bonds is 6. The molecule has 0 saturated heterocycles. The molecule has 0 aliphatic carbocycles. The molecule has 114 valence electrons. The Hall–Kier alpha value is -1.61. The van der Waals surface area contributed by atoms with Crippen molar-refractivity contribution in [1.82, 2.24) is 15.0 Å². The third kappa shape index (κ3) is 3.73. The number of ether oxygens (including phenoxy) is 1. The van der Waals surface area contributed by atoms with E-state index in [1.54, 1.807) is 24.3 Å². The Morgan fingerprint density at radius 3 is 2.52 bits per heavy atom. The predicted molar refractivity (Wildman–Crippen MR) is 81.7 cm³/mol. The zero-order valence-electron chi connectivity index (χ0n) is 11.6. The van der Waals surface area contributed by atoms with Crippen LogP contribution in [0.15, 0.2) is 33.9 Å². The summed E-state index contributed by atoms with van der Waals surface area (Å²) in [6, 6.07) is 6.70. The number of aromatic nitrogens is 3. The Balaban J connectivity index is 2.17. The molecule has 1 N–H and O–H groups in total. The number of anilines is 1. The maximum Gasteiger partial charge on any atom is 0.281 e. The van der Waals surface area contributed by atoms with Gasteiger partial charge in [0.1, 0.15) is 5.75 Å². The van der Waals surface area contributed by atoms with E-state index < -0.39 is 10.0 Å². The van der Waals surface area contributed by atoms with Crippen LogP contribution in [0.5, 0.6) is 5.75 Å². The largest absolute Gasteiger partial charge is 0.494 e. The fourth-order valence-corrected chi connectivity index (χ4v) is 3.81. The van der Waals surface area contributed by atoms with Gasteiger partial charge in [-0.3, -0.25) is 4.72 Å². The van der Waals surface area contributed by atoms with Crippen molar-refractivity contribution in [3.63, 3.8) is 0 Å². The Morgan fingerprint density at radius 2 is 2.00 bits per heavy atom. The fourth-order valence-electron chi connectivity index (χ4n) is 1.65. The molecule has 0 bridgehead atoms. The molecule has 0 spiro atoms. The van der Waals surface area contributed by atoms with Crippen LogP contribution in [0.3, 0.4) is 0 Å².